The van der Waals surface area contributed by atoms with Crippen LogP contribution in [0.1, 0.15) is 11.4 Å². The molecule has 0 saturated heterocycles. The zero-order valence-electron chi connectivity index (χ0n) is 14.9. The van der Waals surface area contributed by atoms with Gasteiger partial charge in [-0.2, -0.15) is 18.3 Å². The molecule has 3 aromatic heterocycles. The summed E-state index contributed by atoms with van der Waals surface area (Å²) in [6.45, 7) is 3.45. The fourth-order valence-corrected chi connectivity index (χ4v) is 3.59. The molecule has 13 nitrogen and oxygen atoms in total. The number of hydrogen-bond donors (Lipinski definition) is 2. The Kier molecular flexibility index (Phi) is 4.57. The molecule has 0 unspecified atom stereocenters. The van der Waals surface area contributed by atoms with Crippen molar-refractivity contribution in [3.63, 3.8) is 0 Å². The summed E-state index contributed by atoms with van der Waals surface area (Å²) in [7, 11) is -1.34. The van der Waals surface area contributed by atoms with Crippen molar-refractivity contribution in [1.82, 2.24) is 44.7 Å². The first kappa shape index (κ1) is 18.4. The summed E-state index contributed by atoms with van der Waals surface area (Å²) >= 11 is 0. The lowest BCUT2D eigenvalue weighted by Gasteiger charge is -2.09. The van der Waals surface area contributed by atoms with Crippen LogP contribution in [0.25, 0.3) is 11.4 Å². The number of carbonyl (C=O) groups is 1. The van der Waals surface area contributed by atoms with Crippen LogP contribution < -0.4 is 10.0 Å². The third-order valence-electron chi connectivity index (χ3n) is 3.32. The first-order valence-electron chi connectivity index (χ1n) is 7.58. The number of nitrogens with one attached hydrogen (secondary N) is 2. The average molecular weight is 392 g/mol. The topological polar surface area (TPSA) is 162 Å². The summed E-state index contributed by atoms with van der Waals surface area (Å²) in [5.74, 6) is 0.0463. The Morgan fingerprint density at radius 3 is 2.41 bits per heavy atom. The van der Waals surface area contributed by atoms with Crippen LogP contribution in [0.5, 0.6) is 0 Å². The van der Waals surface area contributed by atoms with Crippen LogP contribution in [0.4, 0.5) is 10.7 Å². The molecular weight excluding hydrogens is 376 g/mol. The highest BCUT2D eigenvalue weighted by atomic mass is 32.2. The van der Waals surface area contributed by atoms with Crippen molar-refractivity contribution in [3.8, 4) is 11.4 Å². The molecule has 0 aliphatic rings. The van der Waals surface area contributed by atoms with Gasteiger partial charge in [-0.3, -0.25) is 10.00 Å². The second-order valence-corrected chi connectivity index (χ2v) is 7.22. The molecule has 0 radical (unpaired) electrons. The Balaban J connectivity index is 1.87. The molecule has 0 aliphatic heterocycles. The minimum absolute atomic E-state index is 0.0129. The van der Waals surface area contributed by atoms with E-state index in [0.717, 1.165) is 4.68 Å². The van der Waals surface area contributed by atoms with E-state index in [9.17, 15) is 13.2 Å². The van der Waals surface area contributed by atoms with Crippen molar-refractivity contribution in [3.05, 3.63) is 23.7 Å². The fraction of sp³-hybridized carbons (Fsp3) is 0.308. The first-order chi connectivity index (χ1) is 12.7. The molecule has 2 N–H and O–H groups in total. The van der Waals surface area contributed by atoms with E-state index in [1.165, 1.54) is 25.1 Å². The normalized spacial score (nSPS) is 11.4. The van der Waals surface area contributed by atoms with E-state index in [4.69, 9.17) is 0 Å². The Bertz CT molecular complexity index is 1100. The molecule has 3 rings (SSSR count). The van der Waals surface area contributed by atoms with Gasteiger partial charge in [0.15, 0.2) is 5.03 Å². The number of rotatable bonds is 4. The summed E-state index contributed by atoms with van der Waals surface area (Å²) in [5, 5.41) is 17.3. The molecule has 0 aromatic carbocycles. The maximum atomic E-state index is 12.7. The number of sulfonamides is 1. The number of tetrazole rings is 1. The number of aromatic nitrogens is 8. The minimum Gasteiger partial charge on any atom is -0.275 e. The highest BCUT2D eigenvalue weighted by Crippen LogP contribution is 2.23. The lowest BCUT2D eigenvalue weighted by molar-refractivity contribution is 0.256. The van der Waals surface area contributed by atoms with Crippen molar-refractivity contribution in [1.29, 1.82) is 0 Å². The summed E-state index contributed by atoms with van der Waals surface area (Å²) in [5.41, 5.74) is 1.36. The lowest BCUT2D eigenvalue weighted by atomic mass is 10.3. The second-order valence-electron chi connectivity index (χ2n) is 5.62. The van der Waals surface area contributed by atoms with Crippen molar-refractivity contribution in [2.45, 2.75) is 18.9 Å². The zero-order valence-corrected chi connectivity index (χ0v) is 15.7. The summed E-state index contributed by atoms with van der Waals surface area (Å²) in [6, 6.07) is 0.703. The second kappa shape index (κ2) is 6.71. The molecule has 0 atom stereocenters. The van der Waals surface area contributed by atoms with Crippen LogP contribution >= 0.6 is 0 Å². The maximum absolute atomic E-state index is 12.7. The Labute approximate surface area is 153 Å². The average Bonchev–Trinajstić information content (AvgIpc) is 3.11. The van der Waals surface area contributed by atoms with Gasteiger partial charge in [0.05, 0.1) is 18.8 Å². The highest BCUT2D eigenvalue weighted by Gasteiger charge is 2.28. The SMILES string of the molecule is Cc1cc(C)nc(NC(=O)NS(=O)(=O)c2c(-c3nnn(C)n3)cnn2C)n1. The van der Waals surface area contributed by atoms with E-state index < -0.39 is 16.1 Å². The van der Waals surface area contributed by atoms with Crippen LogP contribution in [-0.4, -0.2) is 54.4 Å². The molecule has 3 aromatic rings. The molecule has 0 aliphatic carbocycles. The van der Waals surface area contributed by atoms with E-state index in [2.05, 4.69) is 35.8 Å². The van der Waals surface area contributed by atoms with E-state index in [0.29, 0.717) is 11.4 Å². The minimum atomic E-state index is -4.29. The van der Waals surface area contributed by atoms with Crippen LogP contribution in [0.2, 0.25) is 0 Å². The predicted molar refractivity (Wildman–Crippen MR) is 91.8 cm³/mol. The molecule has 0 bridgehead atoms. The molecule has 27 heavy (non-hydrogen) atoms. The van der Waals surface area contributed by atoms with Crippen molar-refractivity contribution in [2.75, 3.05) is 5.32 Å². The Hall–Kier alpha value is -3.42. The monoisotopic (exact) mass is 392 g/mol. The summed E-state index contributed by atoms with van der Waals surface area (Å²) in [6.07, 6.45) is 1.27. The smallest absolute Gasteiger partial charge is 0.275 e. The van der Waals surface area contributed by atoms with Gasteiger partial charge in [-0.25, -0.2) is 19.5 Å². The zero-order chi connectivity index (χ0) is 19.8. The number of amides is 2. The number of hydrogen-bond acceptors (Lipinski definition) is 9. The van der Waals surface area contributed by atoms with Crippen LogP contribution in [-0.2, 0) is 24.1 Å². The Morgan fingerprint density at radius 1 is 1.15 bits per heavy atom. The maximum Gasteiger partial charge on any atom is 0.335 e. The third kappa shape index (κ3) is 3.89. The van der Waals surface area contributed by atoms with Crippen LogP contribution in [0.3, 0.4) is 0 Å². The number of urea groups is 1. The summed E-state index contributed by atoms with van der Waals surface area (Å²) in [4.78, 5) is 21.4. The van der Waals surface area contributed by atoms with Crippen molar-refractivity contribution in [2.24, 2.45) is 14.1 Å². The van der Waals surface area contributed by atoms with Gasteiger partial charge in [-0.1, -0.05) is 0 Å². The van der Waals surface area contributed by atoms with Gasteiger partial charge in [0.1, 0.15) is 0 Å². The van der Waals surface area contributed by atoms with E-state index in [-0.39, 0.29) is 22.4 Å². The quantitative estimate of drug-likeness (QED) is 0.597. The number of anilines is 1. The number of aryl methyl sites for hydroxylation is 4. The van der Waals surface area contributed by atoms with Gasteiger partial charge in [-0.15, -0.1) is 10.2 Å². The molecule has 142 valence electrons. The van der Waals surface area contributed by atoms with Crippen LogP contribution in [0.15, 0.2) is 17.3 Å². The van der Waals surface area contributed by atoms with Gasteiger partial charge >= 0.3 is 6.03 Å². The first-order valence-corrected chi connectivity index (χ1v) is 9.06. The van der Waals surface area contributed by atoms with E-state index in [1.54, 1.807) is 19.9 Å². The molecule has 0 spiro atoms. The van der Waals surface area contributed by atoms with Gasteiger partial charge in [0, 0.05) is 18.4 Å². The lowest BCUT2D eigenvalue weighted by Crippen LogP contribution is -2.36. The van der Waals surface area contributed by atoms with E-state index >= 15 is 0 Å². The largest absolute Gasteiger partial charge is 0.335 e. The Morgan fingerprint density at radius 2 is 1.81 bits per heavy atom. The van der Waals surface area contributed by atoms with Gasteiger partial charge in [0.2, 0.25) is 11.8 Å². The summed E-state index contributed by atoms with van der Waals surface area (Å²) < 4.78 is 28.4. The molecule has 14 heteroatoms. The number of nitrogens with zero attached hydrogens (tertiary/aromatic N) is 8. The van der Waals surface area contributed by atoms with Gasteiger partial charge in [0.25, 0.3) is 10.0 Å². The molecular formula is C13H16N10O3S. The van der Waals surface area contributed by atoms with E-state index in [1.807, 2.05) is 4.72 Å². The molecule has 2 amide bonds. The molecule has 3 heterocycles. The van der Waals surface area contributed by atoms with Crippen LogP contribution in [0, 0.1) is 13.8 Å². The van der Waals surface area contributed by atoms with Gasteiger partial charge < -0.3 is 0 Å². The third-order valence-corrected chi connectivity index (χ3v) is 4.77. The fourth-order valence-electron chi connectivity index (χ4n) is 2.37. The predicted octanol–water partition coefficient (Wildman–Crippen LogP) is -0.472. The molecule has 0 saturated carbocycles. The number of carbonyl (C=O) groups excluding carboxylic acids is 1. The van der Waals surface area contributed by atoms with Crippen molar-refractivity contribution >= 4 is 22.0 Å². The van der Waals surface area contributed by atoms with Gasteiger partial charge in [-0.05, 0) is 25.1 Å². The molecule has 0 fully saturated rings. The van der Waals surface area contributed by atoms with Crippen molar-refractivity contribution < 1.29 is 13.2 Å². The standard InChI is InChI=1S/C13H16N10O3S/c1-7-5-8(2)16-12(15-7)17-13(24)20-27(25,26)11-9(6-14-22(11)3)10-18-21-23(4)19-10/h5-6H,1-4H3,(H2,15,16,17,20,24). The highest BCUT2D eigenvalue weighted by molar-refractivity contribution is 7.90.